The van der Waals surface area contributed by atoms with Crippen molar-refractivity contribution in [3.63, 3.8) is 0 Å². The van der Waals surface area contributed by atoms with E-state index in [0.717, 1.165) is 11.1 Å². The van der Waals surface area contributed by atoms with Gasteiger partial charge < -0.3 is 10.0 Å². The van der Waals surface area contributed by atoms with E-state index in [4.69, 9.17) is 5.11 Å². The monoisotopic (exact) mass is 261 g/mol. The Bertz CT molecular complexity index is 494. The number of aryl methyl sites for hydroxylation is 1. The van der Waals surface area contributed by atoms with E-state index in [0.29, 0.717) is 6.42 Å². The number of rotatable bonds is 5. The molecule has 4 heteroatoms. The summed E-state index contributed by atoms with van der Waals surface area (Å²) in [6, 6.07) is 6.91. The van der Waals surface area contributed by atoms with E-state index in [2.05, 4.69) is 0 Å². The summed E-state index contributed by atoms with van der Waals surface area (Å²) >= 11 is 0. The molecule has 0 fully saturated rings. The average molecular weight is 261 g/mol. The number of hydrogen-bond donors (Lipinski definition) is 1. The first-order valence-electron chi connectivity index (χ1n) is 6.20. The van der Waals surface area contributed by atoms with Crippen molar-refractivity contribution in [3.8, 4) is 0 Å². The van der Waals surface area contributed by atoms with Crippen LogP contribution in [0.2, 0.25) is 0 Å². The van der Waals surface area contributed by atoms with Crippen LogP contribution in [0.25, 0.3) is 6.08 Å². The zero-order valence-electron chi connectivity index (χ0n) is 11.5. The molecule has 1 aromatic rings. The van der Waals surface area contributed by atoms with E-state index in [1.165, 1.54) is 18.0 Å². The fourth-order valence-corrected chi connectivity index (χ4v) is 1.82. The van der Waals surface area contributed by atoms with E-state index < -0.39 is 12.0 Å². The van der Waals surface area contributed by atoms with E-state index in [1.807, 2.05) is 31.2 Å². The lowest BCUT2D eigenvalue weighted by atomic mass is 10.1. The molecule has 0 aliphatic rings. The molecule has 0 saturated heterocycles. The Morgan fingerprint density at radius 2 is 2.00 bits per heavy atom. The first-order valence-corrected chi connectivity index (χ1v) is 6.20. The Balaban J connectivity index is 2.80. The van der Waals surface area contributed by atoms with Crippen LogP contribution in [0.15, 0.2) is 30.3 Å². The summed E-state index contributed by atoms with van der Waals surface area (Å²) in [4.78, 5) is 24.1. The van der Waals surface area contributed by atoms with E-state index in [1.54, 1.807) is 13.0 Å². The largest absolute Gasteiger partial charge is 0.480 e. The maximum Gasteiger partial charge on any atom is 0.326 e. The van der Waals surface area contributed by atoms with Gasteiger partial charge in [-0.2, -0.15) is 0 Å². The minimum atomic E-state index is -0.984. The number of nitrogens with zero attached hydrogens (tertiary/aromatic N) is 1. The second-order valence-electron chi connectivity index (χ2n) is 4.40. The van der Waals surface area contributed by atoms with Gasteiger partial charge in [0.25, 0.3) is 0 Å². The molecule has 0 radical (unpaired) electrons. The Labute approximate surface area is 113 Å². The van der Waals surface area contributed by atoms with Crippen LogP contribution in [-0.4, -0.2) is 35.0 Å². The van der Waals surface area contributed by atoms with Crippen molar-refractivity contribution in [1.82, 2.24) is 4.90 Å². The molecule has 0 saturated carbocycles. The normalized spacial score (nSPS) is 12.4. The summed E-state index contributed by atoms with van der Waals surface area (Å²) in [6.07, 6.45) is 3.51. The number of carboxylic acids is 1. The predicted octanol–water partition coefficient (Wildman–Crippen LogP) is 2.33. The maximum absolute atomic E-state index is 11.9. The molecule has 1 rings (SSSR count). The highest BCUT2D eigenvalue weighted by Crippen LogP contribution is 2.10. The molecule has 1 unspecified atom stereocenters. The number of carbonyl (C=O) groups excluding carboxylic acids is 1. The molecule has 1 amide bonds. The molecule has 1 N–H and O–H groups in total. The lowest BCUT2D eigenvalue weighted by Crippen LogP contribution is -2.41. The third-order valence-electron chi connectivity index (χ3n) is 3.08. The molecule has 0 bridgehead atoms. The number of hydrogen-bond acceptors (Lipinski definition) is 2. The highest BCUT2D eigenvalue weighted by Gasteiger charge is 2.22. The van der Waals surface area contributed by atoms with Crippen LogP contribution in [0.1, 0.15) is 24.5 Å². The van der Waals surface area contributed by atoms with Gasteiger partial charge in [0.1, 0.15) is 6.04 Å². The van der Waals surface area contributed by atoms with Crippen LogP contribution in [0.5, 0.6) is 0 Å². The maximum atomic E-state index is 11.9. The molecule has 1 aromatic carbocycles. The van der Waals surface area contributed by atoms with Crippen LogP contribution < -0.4 is 0 Å². The topological polar surface area (TPSA) is 57.6 Å². The van der Waals surface area contributed by atoms with Crippen molar-refractivity contribution in [3.05, 3.63) is 41.5 Å². The average Bonchev–Trinajstić information content (AvgIpc) is 2.37. The summed E-state index contributed by atoms with van der Waals surface area (Å²) in [7, 11) is 1.51. The molecule has 102 valence electrons. The van der Waals surface area contributed by atoms with Crippen LogP contribution in [0.3, 0.4) is 0 Å². The number of amides is 1. The van der Waals surface area contributed by atoms with Crippen LogP contribution in [0.4, 0.5) is 0 Å². The molecular formula is C15H19NO3. The van der Waals surface area contributed by atoms with Crippen molar-refractivity contribution in [2.45, 2.75) is 26.3 Å². The van der Waals surface area contributed by atoms with Crippen molar-refractivity contribution in [2.24, 2.45) is 0 Å². The molecular weight excluding hydrogens is 242 g/mol. The minimum Gasteiger partial charge on any atom is -0.480 e. The third-order valence-corrected chi connectivity index (χ3v) is 3.08. The second-order valence-corrected chi connectivity index (χ2v) is 4.40. The van der Waals surface area contributed by atoms with Gasteiger partial charge in [0.2, 0.25) is 5.91 Å². The van der Waals surface area contributed by atoms with E-state index in [9.17, 15) is 9.59 Å². The third kappa shape index (κ3) is 3.95. The van der Waals surface area contributed by atoms with Crippen LogP contribution in [0, 0.1) is 6.92 Å². The molecule has 0 aliphatic heterocycles. The van der Waals surface area contributed by atoms with Gasteiger partial charge in [-0.15, -0.1) is 0 Å². The number of carboxylic acid groups (broad SMARTS) is 1. The van der Waals surface area contributed by atoms with Gasteiger partial charge in [-0.3, -0.25) is 4.79 Å². The molecule has 1 atom stereocenters. The molecule has 4 nitrogen and oxygen atoms in total. The quantitative estimate of drug-likeness (QED) is 0.828. The van der Waals surface area contributed by atoms with Gasteiger partial charge in [0.15, 0.2) is 0 Å². The zero-order valence-corrected chi connectivity index (χ0v) is 11.5. The molecule has 0 heterocycles. The Morgan fingerprint density at radius 1 is 1.37 bits per heavy atom. The summed E-state index contributed by atoms with van der Waals surface area (Å²) in [5, 5.41) is 9.00. The molecule has 0 aliphatic carbocycles. The van der Waals surface area contributed by atoms with Gasteiger partial charge in [-0.1, -0.05) is 31.2 Å². The standard InChI is InChI=1S/C15H19NO3/c1-4-13(15(18)19)16(3)14(17)10-9-12-8-6-5-7-11(12)2/h5-10,13H,4H2,1-3H3,(H,18,19). The first kappa shape index (κ1) is 15.0. The number of carbonyl (C=O) groups is 2. The summed E-state index contributed by atoms with van der Waals surface area (Å²) in [6.45, 7) is 3.70. The summed E-state index contributed by atoms with van der Waals surface area (Å²) in [5.41, 5.74) is 2.02. The highest BCUT2D eigenvalue weighted by atomic mass is 16.4. The second kappa shape index (κ2) is 6.73. The number of benzene rings is 1. The zero-order chi connectivity index (χ0) is 14.4. The Hall–Kier alpha value is -2.10. The van der Waals surface area contributed by atoms with Gasteiger partial charge >= 0.3 is 5.97 Å². The van der Waals surface area contributed by atoms with Crippen molar-refractivity contribution < 1.29 is 14.7 Å². The fraction of sp³-hybridized carbons (Fsp3) is 0.333. The van der Waals surface area contributed by atoms with Gasteiger partial charge in [-0.05, 0) is 30.5 Å². The minimum absolute atomic E-state index is 0.308. The van der Waals surface area contributed by atoms with Gasteiger partial charge in [0, 0.05) is 13.1 Å². The van der Waals surface area contributed by atoms with Crippen molar-refractivity contribution in [2.75, 3.05) is 7.05 Å². The van der Waals surface area contributed by atoms with Crippen LogP contribution >= 0.6 is 0 Å². The molecule has 19 heavy (non-hydrogen) atoms. The smallest absolute Gasteiger partial charge is 0.326 e. The lowest BCUT2D eigenvalue weighted by Gasteiger charge is -2.22. The van der Waals surface area contributed by atoms with E-state index >= 15 is 0 Å². The predicted molar refractivity (Wildman–Crippen MR) is 74.7 cm³/mol. The summed E-state index contributed by atoms with van der Waals surface area (Å²) < 4.78 is 0. The van der Waals surface area contributed by atoms with Crippen molar-refractivity contribution in [1.29, 1.82) is 0 Å². The Morgan fingerprint density at radius 3 is 2.53 bits per heavy atom. The fourth-order valence-electron chi connectivity index (χ4n) is 1.82. The van der Waals surface area contributed by atoms with Crippen LogP contribution in [-0.2, 0) is 9.59 Å². The Kier molecular flexibility index (Phi) is 5.30. The number of aliphatic carboxylic acids is 1. The molecule has 0 aromatic heterocycles. The van der Waals surface area contributed by atoms with Gasteiger partial charge in [0.05, 0.1) is 0 Å². The van der Waals surface area contributed by atoms with E-state index in [-0.39, 0.29) is 5.91 Å². The first-order chi connectivity index (χ1) is 8.97. The van der Waals surface area contributed by atoms with Crippen molar-refractivity contribution >= 4 is 18.0 Å². The summed E-state index contributed by atoms with van der Waals surface area (Å²) in [5.74, 6) is -1.29. The SMILES string of the molecule is CCC(C(=O)O)N(C)C(=O)C=Cc1ccccc1C. The number of likely N-dealkylation sites (N-methyl/N-ethyl adjacent to an activating group) is 1. The molecule has 0 spiro atoms. The van der Waals surface area contributed by atoms with Gasteiger partial charge in [-0.25, -0.2) is 4.79 Å². The highest BCUT2D eigenvalue weighted by molar-refractivity contribution is 5.94. The lowest BCUT2D eigenvalue weighted by molar-refractivity contribution is -0.147.